The molecule has 0 fully saturated rings. The topological polar surface area (TPSA) is 68.0 Å². The zero-order valence-electron chi connectivity index (χ0n) is 29.5. The number of aromatic nitrogens is 3. The molecular formula is C42H48IrN3O2-. The molecule has 0 aliphatic rings. The Morgan fingerprint density at radius 1 is 0.833 bits per heavy atom. The fourth-order valence-electron chi connectivity index (χ4n) is 6.77. The van der Waals surface area contributed by atoms with Crippen LogP contribution in [0.25, 0.3) is 54.7 Å². The molecular weight excluding hydrogens is 771 g/mol. The molecule has 48 heavy (non-hydrogen) atoms. The van der Waals surface area contributed by atoms with Gasteiger partial charge in [-0.2, -0.15) is 0 Å². The number of rotatable bonds is 8. The van der Waals surface area contributed by atoms with Gasteiger partial charge in [-0.1, -0.05) is 114 Å². The summed E-state index contributed by atoms with van der Waals surface area (Å²) in [6.07, 6.45) is 6.59. The van der Waals surface area contributed by atoms with Crippen LogP contribution in [0.3, 0.4) is 0 Å². The van der Waals surface area contributed by atoms with Gasteiger partial charge in [-0.15, -0.1) is 29.1 Å². The van der Waals surface area contributed by atoms with Gasteiger partial charge in [0.05, 0.1) is 22.3 Å². The van der Waals surface area contributed by atoms with E-state index >= 15 is 0 Å². The van der Waals surface area contributed by atoms with Crippen molar-refractivity contribution in [1.29, 1.82) is 0 Å². The standard InChI is InChI=1S/C29H24N3.C13H24O2.Ir/c1-29(2,3)24-16-20(15-19-10-6-7-11-21(19)24)25-28-26(31-17-30-25)23-14-13-18-9-5-8-12-22(18)27(23)32(28)4;1-5-10(6-2)12(14)9-13(15)11(7-3)8-4;/h5-14,16-17H,1-4H3;9-11,14H,5-8H2,1-4H3;/q-1;;/b;12-9-;. The zero-order valence-corrected chi connectivity index (χ0v) is 31.9. The summed E-state index contributed by atoms with van der Waals surface area (Å²) in [5.74, 6) is 0.547. The van der Waals surface area contributed by atoms with Gasteiger partial charge in [-0.05, 0) is 36.5 Å². The van der Waals surface area contributed by atoms with E-state index in [1.165, 1.54) is 33.3 Å². The Labute approximate surface area is 298 Å². The summed E-state index contributed by atoms with van der Waals surface area (Å²) in [6.45, 7) is 14.9. The van der Waals surface area contributed by atoms with Crippen molar-refractivity contribution in [2.45, 2.75) is 79.6 Å². The third kappa shape index (κ3) is 7.26. The number of hydrogen-bond acceptors (Lipinski definition) is 4. The first-order chi connectivity index (χ1) is 22.5. The first-order valence-electron chi connectivity index (χ1n) is 17.0. The molecule has 0 spiro atoms. The number of aliphatic hydroxyl groups excluding tert-OH is 1. The number of nitrogens with zero attached hydrogens (tertiary/aromatic N) is 3. The van der Waals surface area contributed by atoms with Gasteiger partial charge in [0.25, 0.3) is 0 Å². The maximum atomic E-state index is 11.7. The summed E-state index contributed by atoms with van der Waals surface area (Å²) < 4.78 is 2.25. The molecule has 2 heterocycles. The normalized spacial score (nSPS) is 12.2. The van der Waals surface area contributed by atoms with Gasteiger partial charge in [-0.25, -0.2) is 4.98 Å². The van der Waals surface area contributed by atoms with E-state index in [1.807, 2.05) is 27.7 Å². The fourth-order valence-corrected chi connectivity index (χ4v) is 6.77. The average Bonchev–Trinajstić information content (AvgIpc) is 3.37. The molecule has 0 saturated heterocycles. The van der Waals surface area contributed by atoms with Crippen LogP contribution in [0.5, 0.6) is 0 Å². The second-order valence-corrected chi connectivity index (χ2v) is 13.6. The molecule has 0 atom stereocenters. The minimum atomic E-state index is 0. The summed E-state index contributed by atoms with van der Waals surface area (Å²) in [6, 6.07) is 27.3. The summed E-state index contributed by atoms with van der Waals surface area (Å²) in [7, 11) is 2.12. The van der Waals surface area contributed by atoms with Crippen LogP contribution < -0.4 is 0 Å². The number of hydrogen-bond donors (Lipinski definition) is 1. The minimum Gasteiger partial charge on any atom is -0.512 e. The average molecular weight is 819 g/mol. The number of allylic oxidation sites excluding steroid dienone is 2. The molecule has 0 amide bonds. The molecule has 4 aromatic carbocycles. The van der Waals surface area contributed by atoms with Gasteiger partial charge in [0.1, 0.15) is 6.33 Å². The summed E-state index contributed by atoms with van der Waals surface area (Å²) in [5, 5.41) is 15.7. The zero-order chi connectivity index (χ0) is 33.9. The van der Waals surface area contributed by atoms with E-state index in [4.69, 9.17) is 9.97 Å². The second kappa shape index (κ2) is 15.6. The van der Waals surface area contributed by atoms with Crippen LogP contribution in [0.15, 0.2) is 84.9 Å². The van der Waals surface area contributed by atoms with E-state index in [1.54, 1.807) is 6.33 Å². The predicted molar refractivity (Wildman–Crippen MR) is 198 cm³/mol. The number of carbonyl (C=O) groups excluding carboxylic acids is 1. The molecule has 1 radical (unpaired) electrons. The van der Waals surface area contributed by atoms with Crippen molar-refractivity contribution in [3.63, 3.8) is 0 Å². The molecule has 0 saturated carbocycles. The summed E-state index contributed by atoms with van der Waals surface area (Å²) in [4.78, 5) is 21.2. The van der Waals surface area contributed by atoms with Gasteiger partial charge in [-0.3, -0.25) is 9.78 Å². The van der Waals surface area contributed by atoms with Crippen molar-refractivity contribution in [2.75, 3.05) is 0 Å². The van der Waals surface area contributed by atoms with Gasteiger partial charge in [0.2, 0.25) is 0 Å². The van der Waals surface area contributed by atoms with Crippen LogP contribution in [0.4, 0.5) is 0 Å². The van der Waals surface area contributed by atoms with E-state index in [0.29, 0.717) is 0 Å². The van der Waals surface area contributed by atoms with Crippen molar-refractivity contribution in [1.82, 2.24) is 14.5 Å². The number of aryl methyl sites for hydroxylation is 1. The quantitative estimate of drug-likeness (QED) is 0.0944. The Bertz CT molecular complexity index is 2080. The maximum Gasteiger partial charge on any atom is 0.162 e. The Morgan fingerprint density at radius 3 is 2.10 bits per heavy atom. The van der Waals surface area contributed by atoms with Crippen LogP contribution in [0.2, 0.25) is 0 Å². The molecule has 5 nitrogen and oxygen atoms in total. The number of aliphatic hydroxyl groups is 1. The fraction of sp³-hybridized carbons (Fsp3) is 0.357. The maximum absolute atomic E-state index is 11.7. The molecule has 0 aliphatic heterocycles. The smallest absolute Gasteiger partial charge is 0.162 e. The Morgan fingerprint density at radius 2 is 1.46 bits per heavy atom. The number of benzene rings is 4. The van der Waals surface area contributed by atoms with Crippen molar-refractivity contribution < 1.29 is 30.0 Å². The van der Waals surface area contributed by atoms with Crippen LogP contribution >= 0.6 is 0 Å². The first-order valence-corrected chi connectivity index (χ1v) is 17.0. The van der Waals surface area contributed by atoms with Crippen LogP contribution in [0.1, 0.15) is 79.7 Å². The van der Waals surface area contributed by atoms with E-state index in [9.17, 15) is 9.90 Å². The third-order valence-electron chi connectivity index (χ3n) is 9.57. The van der Waals surface area contributed by atoms with E-state index in [0.717, 1.165) is 58.7 Å². The SMILES string of the molecule is CCC(CC)C(=O)/C=C(\O)C(CC)CC.Cn1c2c(-c3[c-]c4ccccc4c(C(C)(C)C)c3)ncnc2c2ccc3ccccc3c21.[Ir]. The first kappa shape index (κ1) is 37.0. The Kier molecular flexibility index (Phi) is 12.0. The number of fused-ring (bicyclic) bond motifs is 6. The summed E-state index contributed by atoms with van der Waals surface area (Å²) >= 11 is 0. The van der Waals surface area contributed by atoms with Crippen molar-refractivity contribution in [2.24, 2.45) is 18.9 Å². The summed E-state index contributed by atoms with van der Waals surface area (Å²) in [5.41, 5.74) is 6.47. The van der Waals surface area contributed by atoms with Crippen molar-refractivity contribution in [3.8, 4) is 11.3 Å². The molecule has 1 N–H and O–H groups in total. The number of carbonyl (C=O) groups is 1. The molecule has 6 rings (SSSR count). The monoisotopic (exact) mass is 819 g/mol. The third-order valence-corrected chi connectivity index (χ3v) is 9.57. The molecule has 0 aliphatic carbocycles. The van der Waals surface area contributed by atoms with Crippen LogP contribution in [-0.4, -0.2) is 25.4 Å². The van der Waals surface area contributed by atoms with Gasteiger partial charge >= 0.3 is 0 Å². The van der Waals surface area contributed by atoms with Gasteiger partial charge < -0.3 is 9.67 Å². The van der Waals surface area contributed by atoms with Crippen LogP contribution in [0, 0.1) is 17.9 Å². The Balaban J connectivity index is 0.000000279. The molecule has 2 aromatic heterocycles. The number of ketones is 1. The van der Waals surface area contributed by atoms with E-state index in [-0.39, 0.29) is 48.9 Å². The molecule has 0 unspecified atom stereocenters. The largest absolute Gasteiger partial charge is 0.512 e. The van der Waals surface area contributed by atoms with Crippen molar-refractivity contribution >= 4 is 49.3 Å². The minimum absolute atomic E-state index is 0. The van der Waals surface area contributed by atoms with Crippen molar-refractivity contribution in [3.05, 3.63) is 96.5 Å². The second-order valence-electron chi connectivity index (χ2n) is 13.6. The molecule has 0 bridgehead atoms. The van der Waals surface area contributed by atoms with E-state index in [2.05, 4.69) is 105 Å². The van der Waals surface area contributed by atoms with Crippen LogP contribution in [-0.2, 0) is 37.4 Å². The van der Waals surface area contributed by atoms with Gasteiger partial charge in [0, 0.05) is 61.5 Å². The molecule has 6 aromatic rings. The Hall–Kier alpha value is -3.86. The predicted octanol–water partition coefficient (Wildman–Crippen LogP) is 11.1. The molecule has 6 heteroatoms. The van der Waals surface area contributed by atoms with Gasteiger partial charge in [0.15, 0.2) is 5.78 Å². The van der Waals surface area contributed by atoms with E-state index < -0.39 is 0 Å². The molecule has 253 valence electrons.